The largest absolute Gasteiger partial charge is 0 e. The smallest absolute Gasteiger partial charge is 0 e. The summed E-state index contributed by atoms with van der Waals surface area (Å²) < 4.78 is 0. The van der Waals surface area contributed by atoms with Gasteiger partial charge >= 0.3 is 49.6 Å². The van der Waals surface area contributed by atoms with E-state index in [1.165, 1.54) is 0 Å². The second-order valence-corrected chi connectivity index (χ2v) is 20.0. The Labute approximate surface area is 101 Å². The molecule has 0 heterocycles. The van der Waals surface area contributed by atoms with Crippen molar-refractivity contribution in [2.45, 2.75) is 0 Å². The molecule has 0 N–H and O–H groups in total. The first-order valence-corrected chi connectivity index (χ1v) is 11.7. The quantitative estimate of drug-likeness (QED) is 0.258. The molecule has 0 nitrogen and oxygen atoms in total. The van der Waals surface area contributed by atoms with Crippen molar-refractivity contribution in [3.05, 3.63) is 7.43 Å². The molecule has 72 valence electrons. The van der Waals surface area contributed by atoms with E-state index in [0.29, 0.717) is 0 Å². The fraction of sp³-hybridized carbons (Fsp3) is 0. The van der Waals surface area contributed by atoms with Gasteiger partial charge in [-0.05, 0) is 0 Å². The van der Waals surface area contributed by atoms with Crippen LogP contribution in [0.5, 0.6) is 0 Å². The van der Waals surface area contributed by atoms with E-state index in [1.807, 2.05) is 0 Å². The Morgan fingerprint density at radius 2 is 0.778 bits per heavy atom. The third-order valence-corrected chi connectivity index (χ3v) is 0. The van der Waals surface area contributed by atoms with Crippen molar-refractivity contribution in [1.29, 1.82) is 0 Å². The molecular weight excluding hydrogens is 615 g/mol. The third-order valence-electron chi connectivity index (χ3n) is 0. The van der Waals surface area contributed by atoms with E-state index in [2.05, 4.69) is 0 Å². The summed E-state index contributed by atoms with van der Waals surface area (Å²) in [6.45, 7) is 0. The van der Waals surface area contributed by atoms with Crippen LogP contribution in [0.3, 0.4) is 0 Å². The molecule has 0 atom stereocenters. The van der Waals surface area contributed by atoms with Crippen LogP contribution in [0, 0.1) is 7.43 Å². The van der Waals surface area contributed by atoms with E-state index in [1.54, 1.807) is 0 Å². The first-order valence-electron chi connectivity index (χ1n) is 0.478. The van der Waals surface area contributed by atoms with Gasteiger partial charge in [-0.2, -0.15) is 0 Å². The molecular formula is CH3Cl6Pt2-3. The average Bonchev–Trinajstić information content (AvgIpc) is 0.722. The summed E-state index contributed by atoms with van der Waals surface area (Å²) in [5.41, 5.74) is 0. The maximum absolute atomic E-state index is 5.01. The minimum absolute atomic E-state index is 0. The summed E-state index contributed by atoms with van der Waals surface area (Å²) in [4.78, 5) is 0. The van der Waals surface area contributed by atoms with Crippen LogP contribution in [0.25, 0.3) is 0 Å². The van der Waals surface area contributed by atoms with Crippen LogP contribution >= 0.6 is 37.7 Å². The van der Waals surface area contributed by atoms with Crippen molar-refractivity contribution in [1.82, 2.24) is 0 Å². The Balaban J connectivity index is -0.0000000133. The molecule has 0 aromatic heterocycles. The number of rotatable bonds is 0. The van der Waals surface area contributed by atoms with Gasteiger partial charge in [-0.1, -0.05) is 0 Å². The molecule has 0 spiro atoms. The predicted molar refractivity (Wildman–Crippen MR) is 29.8 cm³/mol. The Hall–Kier alpha value is 3.12. The second-order valence-electron chi connectivity index (χ2n) is 0.271. The molecule has 0 saturated heterocycles. The Morgan fingerprint density at radius 1 is 0.778 bits per heavy atom. The van der Waals surface area contributed by atoms with Crippen molar-refractivity contribution in [2.24, 2.45) is 0 Å². The molecule has 0 amide bonds. The predicted octanol–water partition coefficient (Wildman–Crippen LogP) is -2.79. The molecule has 0 aliphatic carbocycles. The summed E-state index contributed by atoms with van der Waals surface area (Å²) in [5.74, 6) is 0. The molecule has 0 saturated carbocycles. The number of hydrogen-bond acceptors (Lipinski definition) is 0. The van der Waals surface area contributed by atoms with Gasteiger partial charge in [-0.3, -0.25) is 0 Å². The first kappa shape index (κ1) is 29.6. The normalized spacial score (nSPS) is 8.44. The van der Waals surface area contributed by atoms with Crippen LogP contribution in [0.1, 0.15) is 0 Å². The van der Waals surface area contributed by atoms with Crippen LogP contribution in [0.4, 0.5) is 0 Å². The fourth-order valence-corrected chi connectivity index (χ4v) is 0. The molecule has 8 heteroatoms. The zero-order valence-corrected chi connectivity index (χ0v) is 13.0. The van der Waals surface area contributed by atoms with Crippen LogP contribution in [0.15, 0.2) is 0 Å². The fourth-order valence-electron chi connectivity index (χ4n) is 0. The van der Waals surface area contributed by atoms with Crippen molar-refractivity contribution in [2.75, 3.05) is 0 Å². The standard InChI is InChI=1S/CH3.6ClH.2Pt/h1H3;6*1H;;/q-1;;;;;;;;+4/p-6. The maximum Gasteiger partial charge on any atom is 0 e. The molecule has 0 unspecified atom stereocenters. The Kier molecular flexibility index (Phi) is 45.0. The van der Waals surface area contributed by atoms with E-state index in [9.17, 15) is 0 Å². The minimum atomic E-state index is -3.06. The molecule has 0 aromatic carbocycles. The van der Waals surface area contributed by atoms with Crippen molar-refractivity contribution >= 4 is 37.7 Å². The van der Waals surface area contributed by atoms with Crippen LogP contribution in [0.2, 0.25) is 0 Å². The molecule has 0 aromatic rings. The van der Waals surface area contributed by atoms with Crippen molar-refractivity contribution in [3.8, 4) is 0 Å². The van der Waals surface area contributed by atoms with Crippen LogP contribution in [-0.4, -0.2) is 0 Å². The monoisotopic (exact) mass is 615 g/mol. The van der Waals surface area contributed by atoms with Gasteiger partial charge < -0.3 is 32.2 Å². The molecule has 0 bridgehead atoms. The minimum Gasteiger partial charge on any atom is 0 e. The van der Waals surface area contributed by atoms with Gasteiger partial charge in [0.2, 0.25) is 0 Å². The van der Waals surface area contributed by atoms with Gasteiger partial charge in [-0.15, -0.1) is 0 Å². The Morgan fingerprint density at radius 3 is 0.778 bits per heavy atom. The van der Waals surface area contributed by atoms with Crippen molar-refractivity contribution < 1.29 is 57.8 Å². The average molecular weight is 618 g/mol. The van der Waals surface area contributed by atoms with Gasteiger partial charge in [0, 0.05) is 21.1 Å². The summed E-state index contributed by atoms with van der Waals surface area (Å²) in [6, 6.07) is 0. The van der Waals surface area contributed by atoms with Gasteiger partial charge in [0.1, 0.15) is 0 Å². The molecule has 0 rings (SSSR count). The molecule has 0 radical (unpaired) electrons. The van der Waals surface area contributed by atoms with E-state index < -0.39 is 11.9 Å². The Bertz CT molecular complexity index is 26.5. The molecule has 0 aliphatic rings. The van der Waals surface area contributed by atoms with E-state index >= 15 is 0 Å². The second kappa shape index (κ2) is 13.7. The van der Waals surface area contributed by atoms with Crippen LogP contribution < -0.4 is 24.8 Å². The van der Waals surface area contributed by atoms with Gasteiger partial charge in [0.05, 0.1) is 0 Å². The van der Waals surface area contributed by atoms with E-state index in [0.717, 1.165) is 0 Å². The number of hydrogen-bond donors (Lipinski definition) is 0. The van der Waals surface area contributed by atoms with Gasteiger partial charge in [-0.25, -0.2) is 0 Å². The molecule has 0 fully saturated rings. The van der Waals surface area contributed by atoms with Gasteiger partial charge in [0.25, 0.3) is 0 Å². The summed E-state index contributed by atoms with van der Waals surface area (Å²) in [6.07, 6.45) is 0. The third kappa shape index (κ3) is 95.1. The zero-order valence-electron chi connectivity index (χ0n) is 3.90. The summed E-state index contributed by atoms with van der Waals surface area (Å²) in [5, 5.41) is 0. The zero-order chi connectivity index (χ0) is 4.50. The topological polar surface area (TPSA) is 0 Å². The first-order chi connectivity index (χ1) is 2.00. The maximum atomic E-state index is 5.01. The summed E-state index contributed by atoms with van der Waals surface area (Å²) in [7, 11) is 20.0. The molecule has 9 heavy (non-hydrogen) atoms. The molecule has 0 aliphatic heterocycles. The number of halogens is 6. The summed E-state index contributed by atoms with van der Waals surface area (Å²) >= 11 is -3.06. The van der Waals surface area contributed by atoms with E-state index in [-0.39, 0.29) is 53.3 Å². The van der Waals surface area contributed by atoms with Crippen LogP contribution in [-0.2, 0) is 33.0 Å². The SMILES string of the molecule is [CH3-].[Cl-].[Cl-].[Cl][Pt]([Cl])([Cl])[Cl].[Pt]. The van der Waals surface area contributed by atoms with E-state index in [4.69, 9.17) is 37.7 Å². The van der Waals surface area contributed by atoms with Crippen molar-refractivity contribution in [3.63, 3.8) is 0 Å². The van der Waals surface area contributed by atoms with Gasteiger partial charge in [0.15, 0.2) is 0 Å².